The monoisotopic (exact) mass is 504 g/mol. The average Bonchev–Trinajstić information content (AvgIpc) is 3.01. The molecule has 0 aliphatic heterocycles. The summed E-state index contributed by atoms with van der Waals surface area (Å²) in [5.74, 6) is 0.507. The maximum absolute atomic E-state index is 12.5. The molecule has 0 atom stereocenters. The molecule has 0 saturated carbocycles. The Balaban J connectivity index is 0.00000312. The number of alkyl halides is 3. The Bertz CT molecular complexity index is 689. The summed E-state index contributed by atoms with van der Waals surface area (Å²) in [5.41, 5.74) is 0.257. The number of aliphatic imine (C=N–C) groups is 1. The van der Waals surface area contributed by atoms with Crippen molar-refractivity contribution in [2.75, 3.05) is 13.6 Å². The van der Waals surface area contributed by atoms with Gasteiger partial charge < -0.3 is 10.6 Å². The Morgan fingerprint density at radius 3 is 2.48 bits per heavy atom. The molecular weight excluding hydrogens is 488 g/mol. The lowest BCUT2D eigenvalue weighted by Crippen LogP contribution is -2.37. The smallest absolute Gasteiger partial charge is 0.356 e. The van der Waals surface area contributed by atoms with Crippen LogP contribution in [0.3, 0.4) is 0 Å². The largest absolute Gasteiger partial charge is 0.434 e. The van der Waals surface area contributed by atoms with Crippen LogP contribution in [0.4, 0.5) is 13.2 Å². The number of halogens is 5. The summed E-state index contributed by atoms with van der Waals surface area (Å²) in [4.78, 5) is 7.59. The number of nitrogens with one attached hydrogen (secondary N) is 2. The van der Waals surface area contributed by atoms with Crippen molar-refractivity contribution in [1.29, 1.82) is 0 Å². The lowest BCUT2D eigenvalue weighted by atomic mass is 10.1. The van der Waals surface area contributed by atoms with Gasteiger partial charge in [0.15, 0.2) is 11.7 Å². The van der Waals surface area contributed by atoms with Crippen LogP contribution in [0.25, 0.3) is 0 Å². The molecule has 0 amide bonds. The van der Waals surface area contributed by atoms with Gasteiger partial charge in [-0.25, -0.2) is 4.98 Å². The number of aromatic nitrogens is 1. The molecule has 0 aliphatic rings. The van der Waals surface area contributed by atoms with Crippen LogP contribution in [0.5, 0.6) is 0 Å². The topological polar surface area (TPSA) is 49.3 Å². The first kappa shape index (κ1) is 22.0. The Morgan fingerprint density at radius 1 is 1.24 bits per heavy atom. The van der Waals surface area contributed by atoms with E-state index in [9.17, 15) is 13.2 Å². The van der Waals surface area contributed by atoms with Crippen molar-refractivity contribution in [2.24, 2.45) is 4.99 Å². The second-order valence-electron chi connectivity index (χ2n) is 4.85. The van der Waals surface area contributed by atoms with E-state index in [1.54, 1.807) is 7.05 Å². The highest BCUT2D eigenvalue weighted by Gasteiger charge is 2.33. The fourth-order valence-electron chi connectivity index (χ4n) is 1.88. The molecule has 0 radical (unpaired) electrons. The standard InChI is InChI=1S/C15H16ClF3N4S.HI/c1-20-14(21-7-6-10-2-4-11(16)5-3-10)22-8-13-23-12(9-24-13)15(17,18)19;/h2-5,9H,6-8H2,1H3,(H2,20,21,22);1H. The third-order valence-electron chi connectivity index (χ3n) is 3.09. The van der Waals surface area contributed by atoms with Gasteiger partial charge in [0.25, 0.3) is 0 Å². The molecule has 25 heavy (non-hydrogen) atoms. The molecule has 138 valence electrons. The molecule has 4 nitrogen and oxygen atoms in total. The van der Waals surface area contributed by atoms with Crippen LogP contribution in [0.15, 0.2) is 34.6 Å². The Kier molecular flexibility index (Phi) is 8.94. The summed E-state index contributed by atoms with van der Waals surface area (Å²) >= 11 is 6.79. The Hall–Kier alpha value is -1.07. The minimum atomic E-state index is -4.41. The van der Waals surface area contributed by atoms with Crippen LogP contribution in [-0.2, 0) is 19.1 Å². The Labute approximate surface area is 169 Å². The van der Waals surface area contributed by atoms with Crippen molar-refractivity contribution >= 4 is 52.9 Å². The lowest BCUT2D eigenvalue weighted by Gasteiger charge is -2.11. The second-order valence-corrected chi connectivity index (χ2v) is 6.23. The number of thiazole rings is 1. The molecule has 2 N–H and O–H groups in total. The second kappa shape index (κ2) is 10.2. The predicted molar refractivity (Wildman–Crippen MR) is 106 cm³/mol. The maximum atomic E-state index is 12.5. The third-order valence-corrected chi connectivity index (χ3v) is 4.19. The minimum Gasteiger partial charge on any atom is -0.356 e. The van der Waals surface area contributed by atoms with Crippen molar-refractivity contribution < 1.29 is 13.2 Å². The van der Waals surface area contributed by atoms with Crippen LogP contribution >= 0.6 is 46.9 Å². The highest BCUT2D eigenvalue weighted by molar-refractivity contribution is 14.0. The van der Waals surface area contributed by atoms with Crippen molar-refractivity contribution in [1.82, 2.24) is 15.6 Å². The van der Waals surface area contributed by atoms with Gasteiger partial charge in [0.2, 0.25) is 0 Å². The van der Waals surface area contributed by atoms with E-state index in [0.717, 1.165) is 28.7 Å². The summed E-state index contributed by atoms with van der Waals surface area (Å²) in [6.07, 6.45) is -3.64. The van der Waals surface area contributed by atoms with Gasteiger partial charge in [-0.1, -0.05) is 23.7 Å². The minimum absolute atomic E-state index is 0. The molecule has 2 aromatic rings. The first-order valence-electron chi connectivity index (χ1n) is 7.09. The van der Waals surface area contributed by atoms with Gasteiger partial charge in [0, 0.05) is 24.0 Å². The van der Waals surface area contributed by atoms with Crippen LogP contribution in [-0.4, -0.2) is 24.5 Å². The van der Waals surface area contributed by atoms with Crippen molar-refractivity contribution in [3.63, 3.8) is 0 Å². The van der Waals surface area contributed by atoms with Gasteiger partial charge in [0.1, 0.15) is 5.01 Å². The van der Waals surface area contributed by atoms with E-state index in [-0.39, 0.29) is 30.5 Å². The number of hydrogen-bond donors (Lipinski definition) is 2. The number of benzene rings is 1. The third kappa shape index (κ3) is 7.37. The summed E-state index contributed by atoms with van der Waals surface area (Å²) in [6, 6.07) is 7.53. The van der Waals surface area contributed by atoms with Gasteiger partial charge in [-0.2, -0.15) is 13.2 Å². The molecule has 1 aromatic heterocycles. The zero-order chi connectivity index (χ0) is 17.6. The molecular formula is C15H17ClF3IN4S. The summed E-state index contributed by atoms with van der Waals surface area (Å²) in [5, 5.41) is 8.09. The van der Waals surface area contributed by atoms with Crippen LogP contribution in [0.1, 0.15) is 16.3 Å². The Morgan fingerprint density at radius 2 is 1.92 bits per heavy atom. The quantitative estimate of drug-likeness (QED) is 0.362. The number of hydrogen-bond acceptors (Lipinski definition) is 3. The molecule has 2 rings (SSSR count). The SMILES string of the molecule is CN=C(NCCc1ccc(Cl)cc1)NCc1nc(C(F)(F)F)cs1.I. The highest BCUT2D eigenvalue weighted by atomic mass is 127. The van der Waals surface area contributed by atoms with E-state index in [1.165, 1.54) is 0 Å². The first-order chi connectivity index (χ1) is 11.4. The van der Waals surface area contributed by atoms with Gasteiger partial charge in [0.05, 0.1) is 6.54 Å². The molecule has 0 saturated heterocycles. The van der Waals surface area contributed by atoms with E-state index in [2.05, 4.69) is 20.6 Å². The van der Waals surface area contributed by atoms with Gasteiger partial charge in [-0.15, -0.1) is 35.3 Å². The predicted octanol–water partition coefficient (Wildman–Crippen LogP) is 4.34. The zero-order valence-corrected chi connectivity index (χ0v) is 17.1. The zero-order valence-electron chi connectivity index (χ0n) is 13.2. The molecule has 1 heterocycles. The van der Waals surface area contributed by atoms with Crippen molar-refractivity contribution in [3.05, 3.63) is 50.9 Å². The molecule has 0 unspecified atom stereocenters. The maximum Gasteiger partial charge on any atom is 0.434 e. The molecule has 0 aliphatic carbocycles. The fraction of sp³-hybridized carbons (Fsp3) is 0.333. The molecule has 0 bridgehead atoms. The van der Waals surface area contributed by atoms with E-state index >= 15 is 0 Å². The normalized spacial score (nSPS) is 11.8. The highest BCUT2D eigenvalue weighted by Crippen LogP contribution is 2.29. The average molecular weight is 505 g/mol. The van der Waals surface area contributed by atoms with E-state index < -0.39 is 11.9 Å². The summed E-state index contributed by atoms with van der Waals surface area (Å²) in [6.45, 7) is 0.814. The number of rotatable bonds is 5. The van der Waals surface area contributed by atoms with Crippen molar-refractivity contribution in [2.45, 2.75) is 19.1 Å². The summed E-state index contributed by atoms with van der Waals surface area (Å²) in [7, 11) is 1.60. The van der Waals surface area contributed by atoms with Crippen LogP contribution in [0, 0.1) is 0 Å². The molecule has 10 heteroatoms. The van der Waals surface area contributed by atoms with E-state index in [4.69, 9.17) is 11.6 Å². The van der Waals surface area contributed by atoms with E-state index in [0.29, 0.717) is 22.5 Å². The number of guanidine groups is 1. The van der Waals surface area contributed by atoms with Crippen LogP contribution < -0.4 is 10.6 Å². The first-order valence-corrected chi connectivity index (χ1v) is 8.35. The van der Waals surface area contributed by atoms with Gasteiger partial charge in [-0.05, 0) is 24.1 Å². The van der Waals surface area contributed by atoms with E-state index in [1.807, 2.05) is 24.3 Å². The van der Waals surface area contributed by atoms with Crippen LogP contribution in [0.2, 0.25) is 5.02 Å². The van der Waals surface area contributed by atoms with Crippen molar-refractivity contribution in [3.8, 4) is 0 Å². The summed E-state index contributed by atoms with van der Waals surface area (Å²) < 4.78 is 37.5. The number of nitrogens with zero attached hydrogens (tertiary/aromatic N) is 2. The van der Waals surface area contributed by atoms with Gasteiger partial charge >= 0.3 is 6.18 Å². The lowest BCUT2D eigenvalue weighted by molar-refractivity contribution is -0.140. The molecule has 1 aromatic carbocycles. The van der Waals surface area contributed by atoms with Gasteiger partial charge in [-0.3, -0.25) is 4.99 Å². The molecule has 0 fully saturated rings. The fourth-order valence-corrected chi connectivity index (χ4v) is 2.75. The molecule has 0 spiro atoms.